The highest BCUT2D eigenvalue weighted by Crippen LogP contribution is 2.33. The summed E-state index contributed by atoms with van der Waals surface area (Å²) in [6.45, 7) is 9.10. The van der Waals surface area contributed by atoms with E-state index in [0.29, 0.717) is 0 Å². The average molecular weight is 227 g/mol. The highest BCUT2D eigenvalue weighted by Gasteiger charge is 2.29. The second-order valence-electron chi connectivity index (χ2n) is 5.73. The fourth-order valence-corrected chi connectivity index (χ4v) is 2.94. The number of ether oxygens (including phenoxy) is 1. The molecule has 3 atom stereocenters. The summed E-state index contributed by atoms with van der Waals surface area (Å²) in [5.74, 6) is 2.58. The Morgan fingerprint density at radius 3 is 2.69 bits per heavy atom. The SMILES string of the molecule is COCCCNC1CC(C)CCC1C(C)C. The lowest BCUT2D eigenvalue weighted by molar-refractivity contribution is 0.159. The van der Waals surface area contributed by atoms with Crippen molar-refractivity contribution >= 4 is 0 Å². The van der Waals surface area contributed by atoms with Crippen molar-refractivity contribution in [1.82, 2.24) is 5.32 Å². The van der Waals surface area contributed by atoms with Crippen molar-refractivity contribution in [2.24, 2.45) is 17.8 Å². The highest BCUT2D eigenvalue weighted by molar-refractivity contribution is 4.85. The van der Waals surface area contributed by atoms with Crippen LogP contribution in [-0.4, -0.2) is 26.3 Å². The minimum Gasteiger partial charge on any atom is -0.385 e. The van der Waals surface area contributed by atoms with Gasteiger partial charge in [-0.05, 0) is 43.6 Å². The van der Waals surface area contributed by atoms with Crippen molar-refractivity contribution in [3.8, 4) is 0 Å². The van der Waals surface area contributed by atoms with Crippen LogP contribution in [0.5, 0.6) is 0 Å². The molecule has 0 bridgehead atoms. The molecule has 1 aliphatic rings. The van der Waals surface area contributed by atoms with E-state index in [4.69, 9.17) is 4.74 Å². The van der Waals surface area contributed by atoms with E-state index in [1.54, 1.807) is 7.11 Å². The van der Waals surface area contributed by atoms with E-state index in [1.807, 2.05) is 0 Å². The standard InChI is InChI=1S/C14H29NO/c1-11(2)13-7-6-12(3)10-14(13)15-8-5-9-16-4/h11-15H,5-10H2,1-4H3. The van der Waals surface area contributed by atoms with Gasteiger partial charge in [0.15, 0.2) is 0 Å². The van der Waals surface area contributed by atoms with E-state index < -0.39 is 0 Å². The van der Waals surface area contributed by atoms with Crippen LogP contribution in [0.3, 0.4) is 0 Å². The summed E-state index contributed by atoms with van der Waals surface area (Å²) in [6, 6.07) is 0.737. The normalized spacial score (nSPS) is 30.9. The summed E-state index contributed by atoms with van der Waals surface area (Å²) < 4.78 is 5.09. The Kier molecular flexibility index (Phi) is 6.37. The third kappa shape index (κ3) is 4.42. The van der Waals surface area contributed by atoms with Gasteiger partial charge in [0, 0.05) is 19.8 Å². The number of hydrogen-bond acceptors (Lipinski definition) is 2. The number of methoxy groups -OCH3 is 1. The molecule has 0 aliphatic heterocycles. The fourth-order valence-electron chi connectivity index (χ4n) is 2.94. The molecule has 1 N–H and O–H groups in total. The Labute approximate surface area is 101 Å². The van der Waals surface area contributed by atoms with Gasteiger partial charge in [-0.3, -0.25) is 0 Å². The highest BCUT2D eigenvalue weighted by atomic mass is 16.5. The van der Waals surface area contributed by atoms with Gasteiger partial charge in [-0.25, -0.2) is 0 Å². The van der Waals surface area contributed by atoms with Crippen molar-refractivity contribution < 1.29 is 4.74 Å². The molecule has 0 radical (unpaired) electrons. The molecular formula is C14H29NO. The Hall–Kier alpha value is -0.0800. The molecule has 1 saturated carbocycles. The monoisotopic (exact) mass is 227 g/mol. The lowest BCUT2D eigenvalue weighted by Crippen LogP contribution is -2.43. The molecule has 2 heteroatoms. The summed E-state index contributed by atoms with van der Waals surface area (Å²) in [5, 5.41) is 3.74. The summed E-state index contributed by atoms with van der Waals surface area (Å²) >= 11 is 0. The van der Waals surface area contributed by atoms with Gasteiger partial charge in [-0.2, -0.15) is 0 Å². The van der Waals surface area contributed by atoms with Crippen molar-refractivity contribution in [2.45, 2.75) is 52.5 Å². The molecule has 1 aliphatic carbocycles. The Balaban J connectivity index is 2.33. The molecule has 0 spiro atoms. The van der Waals surface area contributed by atoms with Crippen LogP contribution in [0.1, 0.15) is 46.5 Å². The molecule has 3 unspecified atom stereocenters. The molecule has 2 nitrogen and oxygen atoms in total. The van der Waals surface area contributed by atoms with E-state index in [0.717, 1.165) is 43.4 Å². The van der Waals surface area contributed by atoms with Crippen LogP contribution in [0.4, 0.5) is 0 Å². The van der Waals surface area contributed by atoms with Crippen molar-refractivity contribution in [3.63, 3.8) is 0 Å². The van der Waals surface area contributed by atoms with Crippen molar-refractivity contribution in [3.05, 3.63) is 0 Å². The Morgan fingerprint density at radius 2 is 2.06 bits per heavy atom. The third-order valence-corrected chi connectivity index (χ3v) is 3.95. The first kappa shape index (κ1) is 14.0. The van der Waals surface area contributed by atoms with Gasteiger partial charge < -0.3 is 10.1 Å². The van der Waals surface area contributed by atoms with Gasteiger partial charge in [-0.1, -0.05) is 27.2 Å². The predicted molar refractivity (Wildman–Crippen MR) is 69.6 cm³/mol. The zero-order valence-corrected chi connectivity index (χ0v) is 11.5. The number of rotatable bonds is 6. The third-order valence-electron chi connectivity index (χ3n) is 3.95. The quantitative estimate of drug-likeness (QED) is 0.704. The van der Waals surface area contributed by atoms with Gasteiger partial charge in [0.25, 0.3) is 0 Å². The molecule has 1 fully saturated rings. The zero-order valence-electron chi connectivity index (χ0n) is 11.5. The topological polar surface area (TPSA) is 21.3 Å². The average Bonchev–Trinajstić information content (AvgIpc) is 2.24. The summed E-state index contributed by atoms with van der Waals surface area (Å²) in [6.07, 6.45) is 5.31. The first-order valence-corrected chi connectivity index (χ1v) is 6.87. The molecule has 0 aromatic rings. The lowest BCUT2D eigenvalue weighted by atomic mass is 9.74. The molecule has 0 aromatic carbocycles. The lowest BCUT2D eigenvalue weighted by Gasteiger charge is -2.38. The second-order valence-corrected chi connectivity index (χ2v) is 5.73. The van der Waals surface area contributed by atoms with E-state index in [1.165, 1.54) is 19.3 Å². The number of hydrogen-bond donors (Lipinski definition) is 1. The summed E-state index contributed by atoms with van der Waals surface area (Å²) in [4.78, 5) is 0. The van der Waals surface area contributed by atoms with Crippen LogP contribution < -0.4 is 5.32 Å². The maximum absolute atomic E-state index is 5.09. The van der Waals surface area contributed by atoms with Gasteiger partial charge >= 0.3 is 0 Å². The fraction of sp³-hybridized carbons (Fsp3) is 1.00. The molecule has 0 saturated heterocycles. The smallest absolute Gasteiger partial charge is 0.0474 e. The van der Waals surface area contributed by atoms with E-state index in [2.05, 4.69) is 26.1 Å². The zero-order chi connectivity index (χ0) is 12.0. The van der Waals surface area contributed by atoms with Crippen LogP contribution in [0, 0.1) is 17.8 Å². The maximum Gasteiger partial charge on any atom is 0.0474 e. The van der Waals surface area contributed by atoms with Gasteiger partial charge in [-0.15, -0.1) is 0 Å². The maximum atomic E-state index is 5.09. The molecule has 0 heterocycles. The molecule has 1 rings (SSSR count). The van der Waals surface area contributed by atoms with Crippen LogP contribution in [0.15, 0.2) is 0 Å². The number of nitrogens with one attached hydrogen (secondary N) is 1. The summed E-state index contributed by atoms with van der Waals surface area (Å²) in [5.41, 5.74) is 0. The van der Waals surface area contributed by atoms with E-state index in [-0.39, 0.29) is 0 Å². The Morgan fingerprint density at radius 1 is 1.31 bits per heavy atom. The van der Waals surface area contributed by atoms with Gasteiger partial charge in [0.1, 0.15) is 0 Å². The summed E-state index contributed by atoms with van der Waals surface area (Å²) in [7, 11) is 1.78. The minimum absolute atomic E-state index is 0.737. The molecule has 96 valence electrons. The van der Waals surface area contributed by atoms with E-state index >= 15 is 0 Å². The van der Waals surface area contributed by atoms with Gasteiger partial charge in [0.05, 0.1) is 0 Å². The Bertz CT molecular complexity index is 182. The van der Waals surface area contributed by atoms with Crippen LogP contribution in [0.2, 0.25) is 0 Å². The van der Waals surface area contributed by atoms with Crippen molar-refractivity contribution in [2.75, 3.05) is 20.3 Å². The van der Waals surface area contributed by atoms with Crippen LogP contribution in [-0.2, 0) is 4.74 Å². The molecule has 16 heavy (non-hydrogen) atoms. The second kappa shape index (κ2) is 7.29. The van der Waals surface area contributed by atoms with Crippen LogP contribution >= 0.6 is 0 Å². The van der Waals surface area contributed by atoms with Gasteiger partial charge in [0.2, 0.25) is 0 Å². The molecule has 0 aromatic heterocycles. The molecule has 0 amide bonds. The first-order chi connectivity index (χ1) is 7.65. The van der Waals surface area contributed by atoms with Crippen LogP contribution in [0.25, 0.3) is 0 Å². The molecular weight excluding hydrogens is 198 g/mol. The predicted octanol–water partition coefficient (Wildman–Crippen LogP) is 3.07. The largest absolute Gasteiger partial charge is 0.385 e. The van der Waals surface area contributed by atoms with E-state index in [9.17, 15) is 0 Å². The first-order valence-electron chi connectivity index (χ1n) is 6.87. The van der Waals surface area contributed by atoms with Crippen molar-refractivity contribution in [1.29, 1.82) is 0 Å². The minimum atomic E-state index is 0.737.